The summed E-state index contributed by atoms with van der Waals surface area (Å²) in [6, 6.07) is 14.8. The molecule has 0 saturated carbocycles. The van der Waals surface area contributed by atoms with Crippen LogP contribution in [0.5, 0.6) is 11.5 Å². The van der Waals surface area contributed by atoms with Crippen molar-refractivity contribution in [2.24, 2.45) is 5.92 Å². The average molecular weight is 543 g/mol. The summed E-state index contributed by atoms with van der Waals surface area (Å²) in [5, 5.41) is 4.32. The molecule has 3 aromatic rings. The number of carbonyl (C=O) groups excluding carboxylic acids is 1. The summed E-state index contributed by atoms with van der Waals surface area (Å²) in [5.41, 5.74) is 2.69. The first kappa shape index (κ1) is 27.1. The number of carbonyl (C=O) groups is 1. The molecule has 0 bridgehead atoms. The molecule has 1 aliphatic heterocycles. The number of nitrogens with one attached hydrogen (secondary N) is 1. The Bertz CT molecular complexity index is 1180. The van der Waals surface area contributed by atoms with Crippen molar-refractivity contribution >= 4 is 34.8 Å². The Morgan fingerprint density at radius 3 is 2.51 bits per heavy atom. The first-order valence-electron chi connectivity index (χ1n) is 12.7. The highest BCUT2D eigenvalue weighted by Crippen LogP contribution is 2.30. The van der Waals surface area contributed by atoms with Crippen molar-refractivity contribution in [3.63, 3.8) is 0 Å². The lowest BCUT2D eigenvalue weighted by Crippen LogP contribution is -2.38. The summed E-state index contributed by atoms with van der Waals surface area (Å²) in [6.07, 6.45) is 6.29. The van der Waals surface area contributed by atoms with Crippen molar-refractivity contribution in [2.45, 2.75) is 39.2 Å². The van der Waals surface area contributed by atoms with E-state index in [0.29, 0.717) is 52.6 Å². The highest BCUT2D eigenvalue weighted by Gasteiger charge is 2.21. The van der Waals surface area contributed by atoms with Gasteiger partial charge in [0.15, 0.2) is 11.5 Å². The molecule has 0 aliphatic carbocycles. The smallest absolute Gasteiger partial charge is 0.251 e. The van der Waals surface area contributed by atoms with Crippen LogP contribution in [0, 0.1) is 5.92 Å². The van der Waals surface area contributed by atoms with Crippen molar-refractivity contribution in [1.29, 1.82) is 0 Å². The van der Waals surface area contributed by atoms with Crippen LogP contribution >= 0.6 is 23.2 Å². The van der Waals surface area contributed by atoms with Gasteiger partial charge in [0.05, 0.1) is 12.7 Å². The third-order valence-electron chi connectivity index (χ3n) is 6.41. The van der Waals surface area contributed by atoms with E-state index in [2.05, 4.69) is 15.2 Å². The van der Waals surface area contributed by atoms with E-state index >= 15 is 0 Å². The van der Waals surface area contributed by atoms with Crippen molar-refractivity contribution < 1.29 is 14.3 Å². The van der Waals surface area contributed by atoms with Crippen LogP contribution in [0.3, 0.4) is 0 Å². The fraction of sp³-hybridized carbons (Fsp3) is 0.379. The van der Waals surface area contributed by atoms with Gasteiger partial charge in [-0.1, -0.05) is 29.3 Å². The molecule has 196 valence electrons. The van der Waals surface area contributed by atoms with Gasteiger partial charge in [0.2, 0.25) is 0 Å². The van der Waals surface area contributed by atoms with Crippen molar-refractivity contribution in [2.75, 3.05) is 31.1 Å². The number of hydrogen-bond acceptors (Lipinski definition) is 5. The molecule has 8 heteroatoms. The van der Waals surface area contributed by atoms with E-state index in [1.807, 2.05) is 50.5 Å². The number of anilines is 1. The summed E-state index contributed by atoms with van der Waals surface area (Å²) in [5.74, 6) is 1.48. The van der Waals surface area contributed by atoms with Crippen molar-refractivity contribution in [3.8, 4) is 11.5 Å². The van der Waals surface area contributed by atoms with Crippen LogP contribution in [0.25, 0.3) is 0 Å². The van der Waals surface area contributed by atoms with Gasteiger partial charge < -0.3 is 19.7 Å². The lowest BCUT2D eigenvalue weighted by Gasteiger charge is -2.33. The van der Waals surface area contributed by atoms with E-state index in [4.69, 9.17) is 32.7 Å². The Morgan fingerprint density at radius 1 is 1.05 bits per heavy atom. The average Bonchev–Trinajstić information content (AvgIpc) is 2.90. The second-order valence-corrected chi connectivity index (χ2v) is 10.4. The van der Waals surface area contributed by atoms with E-state index < -0.39 is 0 Å². The fourth-order valence-corrected chi connectivity index (χ4v) is 4.90. The van der Waals surface area contributed by atoms with Crippen LogP contribution in [0.4, 0.5) is 5.69 Å². The molecule has 2 heterocycles. The van der Waals surface area contributed by atoms with Gasteiger partial charge >= 0.3 is 0 Å². The standard InChI is InChI=1S/C29H33Cl2N3O3/c1-20(2)37-27-6-4-23(17-28(27)36-16-11-22-3-5-24(30)18-26(22)31)29(35)33-19-21-9-14-34(15-10-21)25-7-12-32-13-8-25/h3-8,12-13,17-18,20-21H,9-11,14-16,19H2,1-2H3,(H,33,35). The molecule has 1 fully saturated rings. The predicted octanol–water partition coefficient (Wildman–Crippen LogP) is 6.44. The molecular formula is C29H33Cl2N3O3. The Morgan fingerprint density at radius 2 is 1.81 bits per heavy atom. The topological polar surface area (TPSA) is 63.7 Å². The number of rotatable bonds is 10. The molecule has 0 atom stereocenters. The van der Waals surface area contributed by atoms with E-state index in [1.54, 1.807) is 24.3 Å². The lowest BCUT2D eigenvalue weighted by atomic mass is 9.96. The quantitative estimate of drug-likeness (QED) is 0.319. The number of halogens is 2. The molecule has 1 saturated heterocycles. The SMILES string of the molecule is CC(C)Oc1ccc(C(=O)NCC2CCN(c3ccncc3)CC2)cc1OCCc1ccc(Cl)cc1Cl. The summed E-state index contributed by atoms with van der Waals surface area (Å²) in [6.45, 7) is 6.90. The third kappa shape index (κ3) is 7.76. The van der Waals surface area contributed by atoms with Gasteiger partial charge in [-0.15, -0.1) is 0 Å². The molecule has 2 aromatic carbocycles. The molecule has 0 spiro atoms. The van der Waals surface area contributed by atoms with Crippen molar-refractivity contribution in [1.82, 2.24) is 10.3 Å². The van der Waals surface area contributed by atoms with E-state index in [1.165, 1.54) is 5.69 Å². The lowest BCUT2D eigenvalue weighted by molar-refractivity contribution is 0.0944. The van der Waals surface area contributed by atoms with Crippen molar-refractivity contribution in [3.05, 3.63) is 82.1 Å². The molecule has 6 nitrogen and oxygen atoms in total. The Balaban J connectivity index is 1.33. The summed E-state index contributed by atoms with van der Waals surface area (Å²) < 4.78 is 12.0. The number of benzene rings is 2. The zero-order chi connectivity index (χ0) is 26.2. The first-order valence-corrected chi connectivity index (χ1v) is 13.4. The highest BCUT2D eigenvalue weighted by atomic mass is 35.5. The minimum Gasteiger partial charge on any atom is -0.489 e. The largest absolute Gasteiger partial charge is 0.489 e. The fourth-order valence-electron chi connectivity index (χ4n) is 4.40. The molecule has 1 amide bonds. The van der Waals surface area contributed by atoms with Gasteiger partial charge in [0, 0.05) is 59.7 Å². The molecule has 1 N–H and O–H groups in total. The number of amides is 1. The zero-order valence-corrected chi connectivity index (χ0v) is 22.8. The second kappa shape index (κ2) is 13.0. The summed E-state index contributed by atoms with van der Waals surface area (Å²) >= 11 is 12.3. The molecular weight excluding hydrogens is 509 g/mol. The number of ether oxygens (including phenoxy) is 2. The Labute approximate surface area is 228 Å². The first-order chi connectivity index (χ1) is 17.9. The van der Waals surface area contributed by atoms with E-state index in [-0.39, 0.29) is 12.0 Å². The molecule has 1 aliphatic rings. The van der Waals surface area contributed by atoms with E-state index in [0.717, 1.165) is 31.5 Å². The maximum absolute atomic E-state index is 13.0. The van der Waals surface area contributed by atoms with Gasteiger partial charge in [-0.3, -0.25) is 9.78 Å². The van der Waals surface area contributed by atoms with Crippen LogP contribution < -0.4 is 19.7 Å². The molecule has 4 rings (SSSR count). The molecule has 37 heavy (non-hydrogen) atoms. The molecule has 0 unspecified atom stereocenters. The number of pyridine rings is 1. The zero-order valence-electron chi connectivity index (χ0n) is 21.3. The third-order valence-corrected chi connectivity index (χ3v) is 6.99. The monoisotopic (exact) mass is 541 g/mol. The van der Waals surface area contributed by atoms with Crippen LogP contribution in [0.15, 0.2) is 60.9 Å². The van der Waals surface area contributed by atoms with Crippen LogP contribution in [-0.2, 0) is 6.42 Å². The number of piperidine rings is 1. The van der Waals surface area contributed by atoms with Gasteiger partial charge in [0.1, 0.15) is 0 Å². The highest BCUT2D eigenvalue weighted by molar-refractivity contribution is 6.35. The molecule has 1 aromatic heterocycles. The van der Waals surface area contributed by atoms with E-state index in [9.17, 15) is 4.79 Å². The minimum absolute atomic E-state index is 0.0225. The van der Waals surface area contributed by atoms with Crippen LogP contribution in [-0.4, -0.2) is 43.2 Å². The maximum Gasteiger partial charge on any atom is 0.251 e. The van der Waals surface area contributed by atoms with Crippen LogP contribution in [0.2, 0.25) is 10.0 Å². The number of nitrogens with zero attached hydrogens (tertiary/aromatic N) is 2. The number of hydrogen-bond donors (Lipinski definition) is 1. The minimum atomic E-state index is -0.113. The van der Waals surface area contributed by atoms with Gasteiger partial charge in [-0.05, 0) is 80.6 Å². The summed E-state index contributed by atoms with van der Waals surface area (Å²) in [4.78, 5) is 19.4. The molecule has 0 radical (unpaired) electrons. The predicted molar refractivity (Wildman–Crippen MR) is 149 cm³/mol. The second-order valence-electron chi connectivity index (χ2n) is 9.51. The van der Waals surface area contributed by atoms with Gasteiger partial charge in [-0.25, -0.2) is 0 Å². The normalized spacial score (nSPS) is 14.0. The number of aromatic nitrogens is 1. The summed E-state index contributed by atoms with van der Waals surface area (Å²) in [7, 11) is 0. The Kier molecular flexibility index (Phi) is 9.53. The van der Waals surface area contributed by atoms with Gasteiger partial charge in [0.25, 0.3) is 5.91 Å². The Hall–Kier alpha value is -2.96. The van der Waals surface area contributed by atoms with Gasteiger partial charge in [-0.2, -0.15) is 0 Å². The maximum atomic E-state index is 13.0. The van der Waals surface area contributed by atoms with Crippen LogP contribution in [0.1, 0.15) is 42.6 Å².